The molecule has 1 atom stereocenters. The normalized spacial score (nSPS) is 16.2. The highest BCUT2D eigenvalue weighted by Crippen LogP contribution is 2.26. The van der Waals surface area contributed by atoms with Crippen LogP contribution in [0.2, 0.25) is 0 Å². The number of pyridine rings is 1. The van der Waals surface area contributed by atoms with Gasteiger partial charge in [-0.2, -0.15) is 0 Å². The maximum atomic E-state index is 11.7. The summed E-state index contributed by atoms with van der Waals surface area (Å²) in [6.45, 7) is 9.65. The number of aromatic nitrogens is 3. The van der Waals surface area contributed by atoms with Crippen LogP contribution in [0.1, 0.15) is 40.1 Å². The maximum absolute atomic E-state index is 11.7. The largest absolute Gasteiger partial charge is 0.364 e. The first-order valence-electron chi connectivity index (χ1n) is 9.92. The van der Waals surface area contributed by atoms with Crippen LogP contribution in [0.4, 0.5) is 5.82 Å². The second kappa shape index (κ2) is 7.75. The third-order valence-electron chi connectivity index (χ3n) is 5.91. The maximum Gasteiger partial charge on any atom is 0.267 e. The van der Waals surface area contributed by atoms with E-state index in [0.29, 0.717) is 5.69 Å². The molecule has 1 aliphatic rings. The molecule has 0 bridgehead atoms. The molecular formula is C22H26N6O. The van der Waals surface area contributed by atoms with E-state index in [1.165, 1.54) is 5.56 Å². The first-order valence-corrected chi connectivity index (χ1v) is 9.92. The SMILES string of the molecule is Cc1cc(N2CCN(C(C)c3ccc4nccnc4c3)CC2)nc(C(N)=O)c1C. The summed E-state index contributed by atoms with van der Waals surface area (Å²) in [5.41, 5.74) is 10.9. The molecule has 2 aromatic heterocycles. The van der Waals surface area contributed by atoms with E-state index in [4.69, 9.17) is 5.73 Å². The van der Waals surface area contributed by atoms with Crippen molar-refractivity contribution in [3.63, 3.8) is 0 Å². The molecule has 4 rings (SSSR count). The molecule has 29 heavy (non-hydrogen) atoms. The highest BCUT2D eigenvalue weighted by atomic mass is 16.1. The van der Waals surface area contributed by atoms with E-state index in [2.05, 4.69) is 43.8 Å². The van der Waals surface area contributed by atoms with Crippen LogP contribution < -0.4 is 10.6 Å². The first kappa shape index (κ1) is 19.3. The molecule has 1 saturated heterocycles. The Labute approximate surface area is 170 Å². The summed E-state index contributed by atoms with van der Waals surface area (Å²) in [4.78, 5) is 29.7. The van der Waals surface area contributed by atoms with Gasteiger partial charge in [0.25, 0.3) is 5.91 Å². The smallest absolute Gasteiger partial charge is 0.267 e. The van der Waals surface area contributed by atoms with Gasteiger partial charge in [-0.05, 0) is 55.7 Å². The van der Waals surface area contributed by atoms with Crippen molar-refractivity contribution in [2.24, 2.45) is 5.73 Å². The average Bonchev–Trinajstić information content (AvgIpc) is 2.74. The Kier molecular flexibility index (Phi) is 5.15. The third kappa shape index (κ3) is 3.78. The Morgan fingerprint density at radius 2 is 1.72 bits per heavy atom. The lowest BCUT2D eigenvalue weighted by Gasteiger charge is -2.39. The number of primary amides is 1. The lowest BCUT2D eigenvalue weighted by Crippen LogP contribution is -2.47. The molecule has 1 aliphatic heterocycles. The molecule has 1 aromatic carbocycles. The first-order chi connectivity index (χ1) is 13.9. The van der Waals surface area contributed by atoms with E-state index >= 15 is 0 Å². The molecule has 1 fully saturated rings. The Morgan fingerprint density at radius 3 is 2.41 bits per heavy atom. The number of piperazine rings is 1. The Balaban J connectivity index is 1.48. The van der Waals surface area contributed by atoms with Crippen LogP contribution in [0.3, 0.4) is 0 Å². The topological polar surface area (TPSA) is 88.2 Å². The minimum atomic E-state index is -0.473. The summed E-state index contributed by atoms with van der Waals surface area (Å²) in [6.07, 6.45) is 3.45. The number of aryl methyl sites for hydroxylation is 1. The fourth-order valence-electron chi connectivity index (χ4n) is 3.91. The van der Waals surface area contributed by atoms with E-state index in [1.54, 1.807) is 12.4 Å². The fraction of sp³-hybridized carbons (Fsp3) is 0.364. The van der Waals surface area contributed by atoms with E-state index in [-0.39, 0.29) is 6.04 Å². The van der Waals surface area contributed by atoms with Crippen molar-refractivity contribution in [2.45, 2.75) is 26.8 Å². The van der Waals surface area contributed by atoms with Gasteiger partial charge in [-0.25, -0.2) is 4.98 Å². The Bertz CT molecular complexity index is 1060. The number of nitrogens with zero attached hydrogens (tertiary/aromatic N) is 5. The molecule has 150 valence electrons. The van der Waals surface area contributed by atoms with Crippen LogP contribution in [0.15, 0.2) is 36.7 Å². The van der Waals surface area contributed by atoms with E-state index < -0.39 is 5.91 Å². The molecule has 1 unspecified atom stereocenters. The number of benzene rings is 1. The van der Waals surface area contributed by atoms with Crippen LogP contribution >= 0.6 is 0 Å². The summed E-state index contributed by atoms with van der Waals surface area (Å²) in [5, 5.41) is 0. The van der Waals surface area contributed by atoms with Gasteiger partial charge in [-0.1, -0.05) is 6.07 Å². The predicted molar refractivity (Wildman–Crippen MR) is 114 cm³/mol. The molecule has 1 amide bonds. The third-order valence-corrected chi connectivity index (χ3v) is 5.91. The van der Waals surface area contributed by atoms with E-state index in [1.807, 2.05) is 26.0 Å². The Morgan fingerprint density at radius 1 is 1.03 bits per heavy atom. The van der Waals surface area contributed by atoms with Crippen molar-refractivity contribution in [3.8, 4) is 0 Å². The molecule has 0 radical (unpaired) electrons. The van der Waals surface area contributed by atoms with Crippen LogP contribution in [0.5, 0.6) is 0 Å². The van der Waals surface area contributed by atoms with Crippen LogP contribution in [-0.2, 0) is 0 Å². The van der Waals surface area contributed by atoms with Gasteiger partial charge in [0.15, 0.2) is 0 Å². The van der Waals surface area contributed by atoms with Gasteiger partial charge in [-0.15, -0.1) is 0 Å². The summed E-state index contributed by atoms with van der Waals surface area (Å²) in [7, 11) is 0. The zero-order valence-corrected chi connectivity index (χ0v) is 17.1. The summed E-state index contributed by atoms with van der Waals surface area (Å²) in [6, 6.07) is 8.64. The summed E-state index contributed by atoms with van der Waals surface area (Å²) < 4.78 is 0. The molecule has 7 nitrogen and oxygen atoms in total. The monoisotopic (exact) mass is 390 g/mol. The summed E-state index contributed by atoms with van der Waals surface area (Å²) in [5.74, 6) is 0.356. The van der Waals surface area contributed by atoms with Crippen molar-refractivity contribution in [1.82, 2.24) is 19.9 Å². The molecule has 2 N–H and O–H groups in total. The number of anilines is 1. The number of rotatable bonds is 4. The van der Waals surface area contributed by atoms with Gasteiger partial charge in [-0.3, -0.25) is 19.7 Å². The molecule has 7 heteroatoms. The minimum Gasteiger partial charge on any atom is -0.364 e. The molecule has 0 aliphatic carbocycles. The fourth-order valence-corrected chi connectivity index (χ4v) is 3.91. The average molecular weight is 390 g/mol. The predicted octanol–water partition coefficient (Wildman–Crippen LogP) is 2.62. The number of carbonyl (C=O) groups excluding carboxylic acids is 1. The lowest BCUT2D eigenvalue weighted by molar-refractivity contribution is 0.0995. The number of carbonyl (C=O) groups is 1. The van der Waals surface area contributed by atoms with Crippen molar-refractivity contribution in [2.75, 3.05) is 31.1 Å². The van der Waals surface area contributed by atoms with Crippen LogP contribution in [0, 0.1) is 13.8 Å². The van der Waals surface area contributed by atoms with Gasteiger partial charge in [0.05, 0.1) is 11.0 Å². The highest BCUT2D eigenvalue weighted by molar-refractivity contribution is 5.93. The Hall–Kier alpha value is -3.06. The number of fused-ring (bicyclic) bond motifs is 1. The van der Waals surface area contributed by atoms with Crippen molar-refractivity contribution >= 4 is 22.8 Å². The van der Waals surface area contributed by atoms with Gasteiger partial charge in [0.2, 0.25) is 0 Å². The lowest BCUT2D eigenvalue weighted by atomic mass is 10.0. The highest BCUT2D eigenvalue weighted by Gasteiger charge is 2.24. The number of nitrogens with two attached hydrogens (primary N) is 1. The van der Waals surface area contributed by atoms with E-state index in [0.717, 1.165) is 54.2 Å². The zero-order valence-electron chi connectivity index (χ0n) is 17.1. The number of hydrogen-bond acceptors (Lipinski definition) is 6. The molecule has 3 heterocycles. The van der Waals surface area contributed by atoms with Gasteiger partial charge < -0.3 is 10.6 Å². The van der Waals surface area contributed by atoms with Gasteiger partial charge >= 0.3 is 0 Å². The van der Waals surface area contributed by atoms with Crippen molar-refractivity contribution in [3.05, 3.63) is 59.0 Å². The second-order valence-corrected chi connectivity index (χ2v) is 7.64. The second-order valence-electron chi connectivity index (χ2n) is 7.64. The van der Waals surface area contributed by atoms with Crippen LogP contribution in [0.25, 0.3) is 11.0 Å². The van der Waals surface area contributed by atoms with E-state index in [9.17, 15) is 4.79 Å². The standard InChI is InChI=1S/C22H26N6O/c1-14-12-20(26-21(15(14)2)22(23)29)28-10-8-27(9-11-28)16(3)17-4-5-18-19(13-17)25-7-6-24-18/h4-7,12-13,16H,8-11H2,1-3H3,(H2,23,29). The van der Waals surface area contributed by atoms with Gasteiger partial charge in [0.1, 0.15) is 11.5 Å². The quantitative estimate of drug-likeness (QED) is 0.737. The summed E-state index contributed by atoms with van der Waals surface area (Å²) >= 11 is 0. The molecule has 0 spiro atoms. The van der Waals surface area contributed by atoms with Gasteiger partial charge in [0, 0.05) is 44.6 Å². The number of amides is 1. The minimum absolute atomic E-state index is 0.289. The zero-order chi connectivity index (χ0) is 20.5. The molecule has 0 saturated carbocycles. The molecule has 3 aromatic rings. The van der Waals surface area contributed by atoms with Crippen molar-refractivity contribution < 1.29 is 4.79 Å². The molecular weight excluding hydrogens is 364 g/mol. The number of hydrogen-bond donors (Lipinski definition) is 1. The van der Waals surface area contributed by atoms with Crippen molar-refractivity contribution in [1.29, 1.82) is 0 Å². The van der Waals surface area contributed by atoms with Crippen LogP contribution in [-0.4, -0.2) is 51.9 Å².